The molecular formula is C8H8Br2Cl4. The third-order valence-electron chi connectivity index (χ3n) is 1.70. The summed E-state index contributed by atoms with van der Waals surface area (Å²) in [5, 5.41) is 1.81. The Kier molecular flexibility index (Phi) is 8.64. The summed E-state index contributed by atoms with van der Waals surface area (Å²) < 4.78 is 0. The van der Waals surface area contributed by atoms with E-state index in [2.05, 4.69) is 0 Å². The Morgan fingerprint density at radius 3 is 1.14 bits per heavy atom. The smallest absolute Gasteiger partial charge is 0.0784 e. The number of hydrogen-bond donors (Lipinski definition) is 0. The second kappa shape index (κ2) is 6.82. The quantitative estimate of drug-likeness (QED) is 0.363. The molecule has 0 saturated carbocycles. The molecule has 0 atom stereocenters. The highest BCUT2D eigenvalue weighted by molar-refractivity contribution is 8.93. The lowest BCUT2D eigenvalue weighted by molar-refractivity contribution is 1.38. The molecule has 0 unspecified atom stereocenters. The minimum atomic E-state index is 0. The van der Waals surface area contributed by atoms with Crippen molar-refractivity contribution in [1.29, 1.82) is 0 Å². The van der Waals surface area contributed by atoms with Gasteiger partial charge in [0.25, 0.3) is 0 Å². The molecule has 0 spiro atoms. The van der Waals surface area contributed by atoms with Crippen molar-refractivity contribution in [3.05, 3.63) is 31.2 Å². The van der Waals surface area contributed by atoms with Gasteiger partial charge in [-0.1, -0.05) is 46.4 Å². The van der Waals surface area contributed by atoms with E-state index in [1.165, 1.54) is 0 Å². The average Bonchev–Trinajstić information content (AvgIpc) is 2.08. The van der Waals surface area contributed by atoms with Crippen molar-refractivity contribution < 1.29 is 0 Å². The van der Waals surface area contributed by atoms with Crippen LogP contribution in [0.25, 0.3) is 0 Å². The molecule has 0 aliphatic rings. The third-order valence-corrected chi connectivity index (χ3v) is 3.79. The Morgan fingerprint density at radius 2 is 0.857 bits per heavy atom. The van der Waals surface area contributed by atoms with Gasteiger partial charge in [-0.3, -0.25) is 0 Å². The molecule has 14 heavy (non-hydrogen) atoms. The van der Waals surface area contributed by atoms with Crippen LogP contribution in [0.4, 0.5) is 0 Å². The highest BCUT2D eigenvalue weighted by atomic mass is 79.9. The molecule has 0 radical (unpaired) electrons. The number of rotatable bonds is 0. The fraction of sp³-hybridized carbons (Fsp3) is 0.250. The molecule has 0 saturated heterocycles. The van der Waals surface area contributed by atoms with Crippen LogP contribution in [-0.2, 0) is 0 Å². The van der Waals surface area contributed by atoms with E-state index in [4.69, 9.17) is 46.4 Å². The van der Waals surface area contributed by atoms with Crippen LogP contribution < -0.4 is 0 Å². The van der Waals surface area contributed by atoms with Gasteiger partial charge in [-0.05, 0) is 25.0 Å². The van der Waals surface area contributed by atoms with Crippen LogP contribution in [0, 0.1) is 13.8 Å². The van der Waals surface area contributed by atoms with Crippen molar-refractivity contribution in [1.82, 2.24) is 0 Å². The van der Waals surface area contributed by atoms with Gasteiger partial charge >= 0.3 is 0 Å². The van der Waals surface area contributed by atoms with Crippen molar-refractivity contribution in [3.63, 3.8) is 0 Å². The number of benzene rings is 1. The number of halogens is 6. The van der Waals surface area contributed by atoms with Gasteiger partial charge in [0, 0.05) is 5.02 Å². The standard InChI is InChI=1S/C8H6Cl4.2BrH/c1-3-5(9)4(2)7(11)8(12)6(3)10;;/h1-2H3;2*1H. The predicted octanol–water partition coefficient (Wildman–Crippen LogP) is 6.07. The highest BCUT2D eigenvalue weighted by Crippen LogP contribution is 2.39. The maximum absolute atomic E-state index is 5.93. The molecule has 0 heterocycles. The summed E-state index contributed by atoms with van der Waals surface area (Å²) in [5.41, 5.74) is 1.54. The first-order valence-electron chi connectivity index (χ1n) is 3.26. The summed E-state index contributed by atoms with van der Waals surface area (Å²) >= 11 is 23.5. The molecule has 1 aromatic carbocycles. The van der Waals surface area contributed by atoms with Crippen LogP contribution >= 0.6 is 80.4 Å². The van der Waals surface area contributed by atoms with E-state index in [9.17, 15) is 0 Å². The second-order valence-corrected chi connectivity index (χ2v) is 4.02. The molecule has 82 valence electrons. The Hall–Kier alpha value is 1.34. The zero-order valence-corrected chi connectivity index (χ0v) is 13.8. The van der Waals surface area contributed by atoms with Gasteiger partial charge in [-0.25, -0.2) is 0 Å². The first-order chi connectivity index (χ1) is 5.46. The molecule has 6 heteroatoms. The predicted molar refractivity (Wildman–Crippen MR) is 76.6 cm³/mol. The van der Waals surface area contributed by atoms with Crippen LogP contribution in [0.1, 0.15) is 11.1 Å². The Bertz CT molecular complexity index is 234. The monoisotopic (exact) mass is 402 g/mol. The topological polar surface area (TPSA) is 0 Å². The maximum Gasteiger partial charge on any atom is 0.0784 e. The first-order valence-corrected chi connectivity index (χ1v) is 4.77. The fourth-order valence-corrected chi connectivity index (χ4v) is 1.90. The zero-order valence-electron chi connectivity index (χ0n) is 7.33. The van der Waals surface area contributed by atoms with Gasteiger partial charge in [0.05, 0.1) is 15.1 Å². The van der Waals surface area contributed by atoms with Gasteiger partial charge in [0.2, 0.25) is 0 Å². The van der Waals surface area contributed by atoms with E-state index in [1.807, 2.05) is 0 Å². The largest absolute Gasteiger partial charge is 0.114 e. The molecule has 0 fully saturated rings. The summed E-state index contributed by atoms with van der Waals surface area (Å²) in [6, 6.07) is 0. The van der Waals surface area contributed by atoms with Crippen LogP contribution in [0.3, 0.4) is 0 Å². The van der Waals surface area contributed by atoms with Gasteiger partial charge < -0.3 is 0 Å². The number of hydrogen-bond acceptors (Lipinski definition) is 0. The van der Waals surface area contributed by atoms with Crippen molar-refractivity contribution in [2.45, 2.75) is 13.8 Å². The van der Waals surface area contributed by atoms with E-state index in [1.54, 1.807) is 13.8 Å². The van der Waals surface area contributed by atoms with Gasteiger partial charge in [0.15, 0.2) is 0 Å². The van der Waals surface area contributed by atoms with E-state index < -0.39 is 0 Å². The Labute approximate surface area is 124 Å². The van der Waals surface area contributed by atoms with E-state index in [0.29, 0.717) is 20.1 Å². The minimum Gasteiger partial charge on any atom is -0.114 e. The van der Waals surface area contributed by atoms with E-state index >= 15 is 0 Å². The molecule has 1 aromatic rings. The summed E-state index contributed by atoms with van der Waals surface area (Å²) in [4.78, 5) is 0. The molecule has 0 amide bonds. The molecule has 0 aromatic heterocycles. The average molecular weight is 406 g/mol. The third kappa shape index (κ3) is 3.16. The van der Waals surface area contributed by atoms with Crippen molar-refractivity contribution in [3.8, 4) is 0 Å². The zero-order chi connectivity index (χ0) is 9.46. The van der Waals surface area contributed by atoms with Crippen LogP contribution in [0.5, 0.6) is 0 Å². The molecule has 0 aliphatic heterocycles. The fourth-order valence-electron chi connectivity index (χ4n) is 0.900. The molecule has 0 N–H and O–H groups in total. The van der Waals surface area contributed by atoms with Crippen LogP contribution in [0.15, 0.2) is 0 Å². The summed E-state index contributed by atoms with van der Waals surface area (Å²) in [7, 11) is 0. The first kappa shape index (κ1) is 17.7. The van der Waals surface area contributed by atoms with Crippen molar-refractivity contribution in [2.75, 3.05) is 0 Å². The summed E-state index contributed by atoms with van der Waals surface area (Å²) in [6.45, 7) is 3.61. The van der Waals surface area contributed by atoms with Crippen LogP contribution in [-0.4, -0.2) is 0 Å². The summed E-state index contributed by atoms with van der Waals surface area (Å²) in [5.74, 6) is 0. The highest BCUT2D eigenvalue weighted by Gasteiger charge is 2.14. The molecular weight excluding hydrogens is 398 g/mol. The molecule has 0 aliphatic carbocycles. The Morgan fingerprint density at radius 1 is 0.571 bits per heavy atom. The lowest BCUT2D eigenvalue weighted by Crippen LogP contribution is -1.86. The lowest BCUT2D eigenvalue weighted by atomic mass is 10.1. The Balaban J connectivity index is 0. The summed E-state index contributed by atoms with van der Waals surface area (Å²) in [6.07, 6.45) is 0. The minimum absolute atomic E-state index is 0. The maximum atomic E-state index is 5.93. The lowest BCUT2D eigenvalue weighted by Gasteiger charge is -2.09. The SMILES string of the molecule is Br.Br.Cc1c(Cl)c(C)c(Cl)c(Cl)c1Cl. The van der Waals surface area contributed by atoms with Crippen molar-refractivity contribution in [2.24, 2.45) is 0 Å². The van der Waals surface area contributed by atoms with Gasteiger partial charge in [-0.15, -0.1) is 34.0 Å². The molecule has 0 bridgehead atoms. The van der Waals surface area contributed by atoms with Crippen LogP contribution in [0.2, 0.25) is 20.1 Å². The van der Waals surface area contributed by atoms with E-state index in [0.717, 1.165) is 11.1 Å². The van der Waals surface area contributed by atoms with Gasteiger partial charge in [-0.2, -0.15) is 0 Å². The second-order valence-electron chi connectivity index (χ2n) is 2.51. The van der Waals surface area contributed by atoms with E-state index in [-0.39, 0.29) is 34.0 Å². The van der Waals surface area contributed by atoms with Crippen molar-refractivity contribution >= 4 is 80.4 Å². The van der Waals surface area contributed by atoms with Gasteiger partial charge in [0.1, 0.15) is 0 Å². The normalized spacial score (nSPS) is 9.00. The molecule has 0 nitrogen and oxygen atoms in total. The molecule has 1 rings (SSSR count).